The quantitative estimate of drug-likeness (QED) is 0.432. The highest BCUT2D eigenvalue weighted by atomic mass is 17.0. The number of carbonyl (C=O) groups excluding carboxylic acids is 1. The molecule has 2 unspecified atom stereocenters. The molecule has 1 aliphatic heterocycles. The fourth-order valence-corrected chi connectivity index (χ4v) is 0.672. The van der Waals surface area contributed by atoms with Gasteiger partial charge in [-0.3, -0.25) is 0 Å². The van der Waals surface area contributed by atoms with Crippen molar-refractivity contribution < 1.29 is 29.6 Å². The van der Waals surface area contributed by atoms with Crippen molar-refractivity contribution in [3.05, 3.63) is 0 Å². The molecule has 0 aromatic heterocycles. The van der Waals surface area contributed by atoms with Crippen LogP contribution in [-0.4, -0.2) is 39.7 Å². The van der Waals surface area contributed by atoms with Crippen molar-refractivity contribution in [3.63, 3.8) is 0 Å². The third kappa shape index (κ3) is 1.28. The highest BCUT2D eigenvalue weighted by Crippen LogP contribution is 2.27. The zero-order valence-corrected chi connectivity index (χ0v) is 5.72. The van der Waals surface area contributed by atoms with Gasteiger partial charge >= 0.3 is 12.1 Å². The zero-order chi connectivity index (χ0) is 8.65. The van der Waals surface area contributed by atoms with E-state index in [-0.39, 0.29) is 0 Å². The lowest BCUT2D eigenvalue weighted by atomic mass is 10.2. The Hall–Kier alpha value is -0.850. The van der Waals surface area contributed by atoms with E-state index in [0.717, 1.165) is 0 Å². The van der Waals surface area contributed by atoms with Crippen molar-refractivity contribution in [1.82, 2.24) is 0 Å². The van der Waals surface area contributed by atoms with Gasteiger partial charge in [0, 0.05) is 0 Å². The molecular formula is C5H8O6. The SMILES string of the molecule is CC(O)C(O)C1(O)OC(=O)O1. The average molecular weight is 164 g/mol. The largest absolute Gasteiger partial charge is 0.518 e. The zero-order valence-electron chi connectivity index (χ0n) is 5.72. The third-order valence-electron chi connectivity index (χ3n) is 1.29. The topological polar surface area (TPSA) is 96.2 Å². The van der Waals surface area contributed by atoms with E-state index >= 15 is 0 Å². The molecule has 1 fully saturated rings. The summed E-state index contributed by atoms with van der Waals surface area (Å²) < 4.78 is 8.07. The van der Waals surface area contributed by atoms with Gasteiger partial charge in [-0.15, -0.1) is 0 Å². The Balaban J connectivity index is 2.53. The summed E-state index contributed by atoms with van der Waals surface area (Å²) in [6, 6.07) is 0. The molecule has 0 radical (unpaired) electrons. The molecule has 3 N–H and O–H groups in total. The van der Waals surface area contributed by atoms with Gasteiger partial charge in [-0.05, 0) is 6.92 Å². The summed E-state index contributed by atoms with van der Waals surface area (Å²) in [6.07, 6.45) is -3.97. The fraction of sp³-hybridized carbons (Fsp3) is 0.800. The molecule has 6 heteroatoms. The van der Waals surface area contributed by atoms with Crippen LogP contribution in [-0.2, 0) is 9.47 Å². The Morgan fingerprint density at radius 3 is 2.18 bits per heavy atom. The van der Waals surface area contributed by atoms with Crippen LogP contribution in [0.25, 0.3) is 0 Å². The van der Waals surface area contributed by atoms with Crippen LogP contribution in [0.2, 0.25) is 0 Å². The van der Waals surface area contributed by atoms with Crippen LogP contribution in [0.1, 0.15) is 6.92 Å². The van der Waals surface area contributed by atoms with Gasteiger partial charge in [-0.1, -0.05) is 0 Å². The van der Waals surface area contributed by atoms with Gasteiger partial charge in [0.25, 0.3) is 0 Å². The number of cyclic esters (lactones) is 2. The van der Waals surface area contributed by atoms with Crippen molar-refractivity contribution in [1.29, 1.82) is 0 Å². The third-order valence-corrected chi connectivity index (χ3v) is 1.29. The van der Waals surface area contributed by atoms with E-state index in [1.165, 1.54) is 6.92 Å². The van der Waals surface area contributed by atoms with Crippen LogP contribution in [0.3, 0.4) is 0 Å². The smallest absolute Gasteiger partial charge is 0.390 e. The monoisotopic (exact) mass is 164 g/mol. The maximum absolute atomic E-state index is 10.0. The number of aliphatic hydroxyl groups excluding tert-OH is 2. The highest BCUT2D eigenvalue weighted by Gasteiger charge is 2.55. The van der Waals surface area contributed by atoms with Gasteiger partial charge in [-0.2, -0.15) is 0 Å². The Morgan fingerprint density at radius 2 is 1.91 bits per heavy atom. The van der Waals surface area contributed by atoms with Crippen LogP contribution in [0.15, 0.2) is 0 Å². The van der Waals surface area contributed by atoms with E-state index in [9.17, 15) is 4.79 Å². The van der Waals surface area contributed by atoms with Gasteiger partial charge < -0.3 is 24.8 Å². The fourth-order valence-electron chi connectivity index (χ4n) is 0.672. The second-order valence-corrected chi connectivity index (χ2v) is 2.27. The molecule has 0 spiro atoms. The van der Waals surface area contributed by atoms with E-state index < -0.39 is 24.3 Å². The molecule has 1 rings (SSSR count). The summed E-state index contributed by atoms with van der Waals surface area (Å²) >= 11 is 0. The Bertz CT molecular complexity index is 168. The number of hydrogen-bond acceptors (Lipinski definition) is 6. The molecule has 0 aliphatic carbocycles. The van der Waals surface area contributed by atoms with Crippen LogP contribution in [0.4, 0.5) is 4.79 Å². The molecular weight excluding hydrogens is 156 g/mol. The molecule has 0 amide bonds. The Morgan fingerprint density at radius 1 is 1.45 bits per heavy atom. The lowest BCUT2D eigenvalue weighted by Gasteiger charge is -2.37. The van der Waals surface area contributed by atoms with Gasteiger partial charge in [0.05, 0.1) is 6.10 Å². The molecule has 0 aromatic rings. The van der Waals surface area contributed by atoms with Crippen LogP contribution in [0, 0.1) is 0 Å². The first kappa shape index (κ1) is 8.25. The summed E-state index contributed by atoms with van der Waals surface area (Å²) in [4.78, 5) is 10.0. The Kier molecular flexibility index (Phi) is 1.75. The number of carbonyl (C=O) groups is 1. The molecule has 0 saturated carbocycles. The summed E-state index contributed by atoms with van der Waals surface area (Å²) in [5.74, 6) is -2.37. The molecule has 0 bridgehead atoms. The minimum Gasteiger partial charge on any atom is -0.390 e. The average Bonchev–Trinajstić information content (AvgIpc) is 1.83. The molecule has 1 aliphatic rings. The van der Waals surface area contributed by atoms with E-state index in [0.29, 0.717) is 0 Å². The van der Waals surface area contributed by atoms with Crippen molar-refractivity contribution in [2.75, 3.05) is 0 Å². The first-order chi connectivity index (χ1) is 4.96. The lowest BCUT2D eigenvalue weighted by molar-refractivity contribution is -0.425. The highest BCUT2D eigenvalue weighted by molar-refractivity contribution is 5.65. The van der Waals surface area contributed by atoms with Crippen molar-refractivity contribution >= 4 is 6.16 Å². The second-order valence-electron chi connectivity index (χ2n) is 2.27. The molecule has 11 heavy (non-hydrogen) atoms. The van der Waals surface area contributed by atoms with Gasteiger partial charge in [0.2, 0.25) is 0 Å². The van der Waals surface area contributed by atoms with Crippen LogP contribution in [0.5, 0.6) is 0 Å². The minimum absolute atomic E-state index is 1.08. The van der Waals surface area contributed by atoms with Crippen molar-refractivity contribution in [2.24, 2.45) is 0 Å². The normalized spacial score (nSPS) is 26.0. The van der Waals surface area contributed by atoms with Crippen LogP contribution < -0.4 is 0 Å². The predicted molar refractivity (Wildman–Crippen MR) is 30.2 cm³/mol. The van der Waals surface area contributed by atoms with E-state index in [1.807, 2.05) is 0 Å². The molecule has 1 saturated heterocycles. The van der Waals surface area contributed by atoms with Gasteiger partial charge in [-0.25, -0.2) is 4.79 Å². The first-order valence-corrected chi connectivity index (χ1v) is 2.96. The van der Waals surface area contributed by atoms with E-state index in [2.05, 4.69) is 9.47 Å². The maximum Gasteiger partial charge on any atom is 0.518 e. The minimum atomic E-state index is -2.37. The number of rotatable bonds is 2. The lowest BCUT2D eigenvalue weighted by Crippen LogP contribution is -2.61. The molecule has 64 valence electrons. The van der Waals surface area contributed by atoms with E-state index in [1.54, 1.807) is 0 Å². The summed E-state index contributed by atoms with van der Waals surface area (Å²) in [7, 11) is 0. The molecule has 1 heterocycles. The molecule has 6 nitrogen and oxygen atoms in total. The van der Waals surface area contributed by atoms with Crippen LogP contribution >= 0.6 is 0 Å². The van der Waals surface area contributed by atoms with Gasteiger partial charge in [0.15, 0.2) is 6.10 Å². The molecule has 2 atom stereocenters. The standard InChI is InChI=1S/C5H8O6/c1-2(6)3(7)5(9)10-4(8)11-5/h2-3,6-7,9H,1H3. The summed E-state index contributed by atoms with van der Waals surface area (Å²) in [5, 5.41) is 26.6. The van der Waals surface area contributed by atoms with Gasteiger partial charge in [0.1, 0.15) is 0 Å². The first-order valence-electron chi connectivity index (χ1n) is 2.96. The molecule has 0 aromatic carbocycles. The summed E-state index contributed by atoms with van der Waals surface area (Å²) in [6.45, 7) is 1.22. The number of hydrogen-bond donors (Lipinski definition) is 3. The Labute approximate surface area is 62.0 Å². The van der Waals surface area contributed by atoms with E-state index in [4.69, 9.17) is 15.3 Å². The number of ether oxygens (including phenoxy) is 2. The summed E-state index contributed by atoms with van der Waals surface area (Å²) in [5.41, 5.74) is 0. The maximum atomic E-state index is 10.0. The van der Waals surface area contributed by atoms with Crippen molar-refractivity contribution in [2.45, 2.75) is 25.1 Å². The second kappa shape index (κ2) is 2.33. The number of aliphatic hydroxyl groups is 3. The van der Waals surface area contributed by atoms with Crippen molar-refractivity contribution in [3.8, 4) is 0 Å². The predicted octanol–water partition coefficient (Wildman–Crippen LogP) is -1.46.